The molecule has 1 atom stereocenters. The van der Waals surface area contributed by atoms with Gasteiger partial charge in [0.25, 0.3) is 0 Å². The molecule has 3 N–H and O–H groups in total. The Morgan fingerprint density at radius 3 is 2.32 bits per heavy atom. The number of nitrogen functional groups attached to an aromatic ring is 1. The summed E-state index contributed by atoms with van der Waals surface area (Å²) in [5, 5.41) is 7.33. The van der Waals surface area contributed by atoms with Crippen molar-refractivity contribution in [3.63, 3.8) is 0 Å². The average Bonchev–Trinajstić information content (AvgIpc) is 2.27. The summed E-state index contributed by atoms with van der Waals surface area (Å²) in [4.78, 5) is 3.42. The third-order valence-electron chi connectivity index (χ3n) is 2.68. The summed E-state index contributed by atoms with van der Waals surface area (Å²) < 4.78 is 43.2. The first-order valence-corrected chi connectivity index (χ1v) is 5.72. The molecule has 1 aromatic heterocycles. The molecule has 0 aliphatic carbocycles. The van der Waals surface area contributed by atoms with Gasteiger partial charge in [-0.3, -0.25) is 5.41 Å². The van der Waals surface area contributed by atoms with Gasteiger partial charge in [-0.15, -0.1) is 0 Å². The number of amidine groups is 1. The highest BCUT2D eigenvalue weighted by Gasteiger charge is 2.33. The highest BCUT2D eigenvalue weighted by Crippen LogP contribution is 2.30. The van der Waals surface area contributed by atoms with Gasteiger partial charge in [0.2, 0.25) is 5.88 Å². The summed E-state index contributed by atoms with van der Waals surface area (Å²) >= 11 is 0. The second-order valence-electron chi connectivity index (χ2n) is 4.53. The Balaban J connectivity index is 3.20. The Bertz CT molecular complexity index is 472. The molecule has 7 heteroatoms. The first kappa shape index (κ1) is 15.3. The molecule has 1 aromatic rings. The second kappa shape index (κ2) is 5.46. The Labute approximate surface area is 109 Å². The number of aromatic nitrogens is 1. The smallest absolute Gasteiger partial charge is 0.433 e. The SMILES string of the molecule is CC(C)C(C)Oc1nc(C(F)(F)F)ccc1C(=N)N. The summed E-state index contributed by atoms with van der Waals surface area (Å²) in [7, 11) is 0. The van der Waals surface area contributed by atoms with Crippen molar-refractivity contribution < 1.29 is 17.9 Å². The molecule has 19 heavy (non-hydrogen) atoms. The molecular formula is C12H16F3N3O. The second-order valence-corrected chi connectivity index (χ2v) is 4.53. The lowest BCUT2D eigenvalue weighted by molar-refractivity contribution is -0.141. The van der Waals surface area contributed by atoms with Crippen LogP contribution in [0.1, 0.15) is 32.0 Å². The van der Waals surface area contributed by atoms with E-state index in [1.165, 1.54) is 0 Å². The molecule has 0 saturated carbocycles. The van der Waals surface area contributed by atoms with Crippen LogP contribution in [0.2, 0.25) is 0 Å². The lowest BCUT2D eigenvalue weighted by Crippen LogP contribution is -2.23. The van der Waals surface area contributed by atoms with E-state index in [-0.39, 0.29) is 29.3 Å². The van der Waals surface area contributed by atoms with Gasteiger partial charge in [0.05, 0.1) is 11.7 Å². The van der Waals surface area contributed by atoms with E-state index in [1.807, 2.05) is 13.8 Å². The maximum atomic E-state index is 12.6. The predicted molar refractivity (Wildman–Crippen MR) is 65.2 cm³/mol. The molecule has 0 bridgehead atoms. The van der Waals surface area contributed by atoms with E-state index in [4.69, 9.17) is 15.9 Å². The molecule has 0 saturated heterocycles. The standard InChI is InChI=1S/C12H16F3N3O/c1-6(2)7(3)19-11-8(10(16)17)4-5-9(18-11)12(13,14)15/h4-7H,1-3H3,(H3,16,17). The topological polar surface area (TPSA) is 72.0 Å². The monoisotopic (exact) mass is 275 g/mol. The van der Waals surface area contributed by atoms with E-state index in [1.54, 1.807) is 6.92 Å². The van der Waals surface area contributed by atoms with Crippen LogP contribution in [-0.2, 0) is 6.18 Å². The third-order valence-corrected chi connectivity index (χ3v) is 2.68. The number of hydrogen-bond acceptors (Lipinski definition) is 3. The Hall–Kier alpha value is -1.79. The van der Waals surface area contributed by atoms with Crippen LogP contribution in [0.3, 0.4) is 0 Å². The summed E-state index contributed by atoms with van der Waals surface area (Å²) in [5.41, 5.74) is 4.30. The number of ether oxygens (including phenoxy) is 1. The molecule has 1 unspecified atom stereocenters. The van der Waals surface area contributed by atoms with Crippen molar-refractivity contribution in [3.8, 4) is 5.88 Å². The summed E-state index contributed by atoms with van der Waals surface area (Å²) in [6.07, 6.45) is -4.90. The molecule has 0 spiro atoms. The quantitative estimate of drug-likeness (QED) is 0.655. The minimum Gasteiger partial charge on any atom is -0.474 e. The molecule has 0 fully saturated rings. The van der Waals surface area contributed by atoms with E-state index in [2.05, 4.69) is 4.98 Å². The number of halogens is 3. The van der Waals surface area contributed by atoms with Crippen molar-refractivity contribution >= 4 is 5.84 Å². The number of alkyl halides is 3. The number of nitrogens with one attached hydrogen (secondary N) is 1. The van der Waals surface area contributed by atoms with Crippen molar-refractivity contribution in [2.24, 2.45) is 11.7 Å². The van der Waals surface area contributed by atoms with E-state index < -0.39 is 11.9 Å². The average molecular weight is 275 g/mol. The zero-order chi connectivity index (χ0) is 14.8. The Kier molecular flexibility index (Phi) is 4.39. The lowest BCUT2D eigenvalue weighted by atomic mass is 10.1. The van der Waals surface area contributed by atoms with Crippen LogP contribution in [0, 0.1) is 11.3 Å². The highest BCUT2D eigenvalue weighted by molar-refractivity contribution is 5.97. The number of pyridine rings is 1. The summed E-state index contributed by atoms with van der Waals surface area (Å²) in [6.45, 7) is 5.45. The summed E-state index contributed by atoms with van der Waals surface area (Å²) in [6, 6.07) is 1.88. The fourth-order valence-electron chi connectivity index (χ4n) is 1.21. The van der Waals surface area contributed by atoms with Crippen LogP contribution in [-0.4, -0.2) is 16.9 Å². The van der Waals surface area contributed by atoms with Crippen LogP contribution in [0.25, 0.3) is 0 Å². The molecule has 106 valence electrons. The van der Waals surface area contributed by atoms with Crippen molar-refractivity contribution in [2.45, 2.75) is 33.1 Å². The van der Waals surface area contributed by atoms with Gasteiger partial charge in [-0.05, 0) is 25.0 Å². The van der Waals surface area contributed by atoms with Gasteiger partial charge in [0, 0.05) is 0 Å². The molecule has 0 aliphatic heterocycles. The molecular weight excluding hydrogens is 259 g/mol. The molecule has 0 aliphatic rings. The van der Waals surface area contributed by atoms with Crippen molar-refractivity contribution in [1.82, 2.24) is 4.98 Å². The number of hydrogen-bond donors (Lipinski definition) is 2. The minimum atomic E-state index is -4.56. The van der Waals surface area contributed by atoms with E-state index in [9.17, 15) is 13.2 Å². The van der Waals surface area contributed by atoms with Gasteiger partial charge in [-0.25, -0.2) is 4.98 Å². The number of nitrogens with zero attached hydrogens (tertiary/aromatic N) is 1. The van der Waals surface area contributed by atoms with Gasteiger partial charge >= 0.3 is 6.18 Å². The van der Waals surface area contributed by atoms with Crippen LogP contribution in [0.15, 0.2) is 12.1 Å². The van der Waals surface area contributed by atoms with Crippen molar-refractivity contribution in [2.75, 3.05) is 0 Å². The zero-order valence-electron chi connectivity index (χ0n) is 10.9. The first-order valence-electron chi connectivity index (χ1n) is 5.72. The van der Waals surface area contributed by atoms with E-state index in [0.717, 1.165) is 12.1 Å². The Morgan fingerprint density at radius 2 is 1.89 bits per heavy atom. The van der Waals surface area contributed by atoms with E-state index >= 15 is 0 Å². The first-order chi connectivity index (χ1) is 8.62. The lowest BCUT2D eigenvalue weighted by Gasteiger charge is -2.20. The number of rotatable bonds is 4. The van der Waals surface area contributed by atoms with E-state index in [0.29, 0.717) is 0 Å². The highest BCUT2D eigenvalue weighted by atomic mass is 19.4. The molecule has 4 nitrogen and oxygen atoms in total. The molecule has 1 heterocycles. The maximum Gasteiger partial charge on any atom is 0.433 e. The van der Waals surface area contributed by atoms with Crippen LogP contribution < -0.4 is 10.5 Å². The zero-order valence-corrected chi connectivity index (χ0v) is 10.9. The molecule has 0 aromatic carbocycles. The fourth-order valence-corrected chi connectivity index (χ4v) is 1.21. The van der Waals surface area contributed by atoms with Gasteiger partial charge in [0.15, 0.2) is 0 Å². The van der Waals surface area contributed by atoms with Gasteiger partial charge < -0.3 is 10.5 Å². The van der Waals surface area contributed by atoms with Crippen molar-refractivity contribution in [1.29, 1.82) is 5.41 Å². The van der Waals surface area contributed by atoms with Crippen LogP contribution >= 0.6 is 0 Å². The van der Waals surface area contributed by atoms with Crippen LogP contribution in [0.4, 0.5) is 13.2 Å². The van der Waals surface area contributed by atoms with Gasteiger partial charge in [-0.1, -0.05) is 13.8 Å². The third kappa shape index (κ3) is 3.84. The maximum absolute atomic E-state index is 12.6. The minimum absolute atomic E-state index is 0.0560. The fraction of sp³-hybridized carbons (Fsp3) is 0.500. The normalized spacial score (nSPS) is 13.4. The molecule has 1 rings (SSSR count). The summed E-state index contributed by atoms with van der Waals surface area (Å²) in [5.74, 6) is -0.549. The molecule has 0 amide bonds. The Morgan fingerprint density at radius 1 is 1.32 bits per heavy atom. The van der Waals surface area contributed by atoms with Gasteiger partial charge in [0.1, 0.15) is 11.5 Å². The number of nitrogens with two attached hydrogens (primary N) is 1. The predicted octanol–water partition coefficient (Wildman–Crippen LogP) is 2.81. The largest absolute Gasteiger partial charge is 0.474 e. The van der Waals surface area contributed by atoms with Crippen LogP contribution in [0.5, 0.6) is 5.88 Å². The van der Waals surface area contributed by atoms with Gasteiger partial charge in [-0.2, -0.15) is 13.2 Å². The van der Waals surface area contributed by atoms with Crippen molar-refractivity contribution in [3.05, 3.63) is 23.4 Å². The molecule has 0 radical (unpaired) electrons.